The highest BCUT2D eigenvalue weighted by Gasteiger charge is 2.26. The van der Waals surface area contributed by atoms with Gasteiger partial charge in [0, 0.05) is 11.1 Å². The molecule has 0 aliphatic rings. The fourth-order valence-corrected chi connectivity index (χ4v) is 2.16. The first-order valence-electron chi connectivity index (χ1n) is 6.54. The molecule has 1 rings (SSSR count). The first-order valence-corrected chi connectivity index (χ1v) is 7.34. The Bertz CT molecular complexity index is 507. The molecule has 20 heavy (non-hydrogen) atoms. The van der Waals surface area contributed by atoms with Gasteiger partial charge in [-0.15, -0.1) is 0 Å². The van der Waals surface area contributed by atoms with Crippen LogP contribution in [0.3, 0.4) is 0 Å². The molecule has 108 valence electrons. The lowest BCUT2D eigenvalue weighted by Crippen LogP contribution is -2.27. The van der Waals surface area contributed by atoms with E-state index in [9.17, 15) is 4.79 Å². The maximum Gasteiger partial charge on any atom is 0.130 e. The zero-order valence-electron chi connectivity index (χ0n) is 12.1. The lowest BCUT2D eigenvalue weighted by molar-refractivity contribution is -0.112. The van der Waals surface area contributed by atoms with Crippen molar-refractivity contribution in [2.24, 2.45) is 5.41 Å². The SMILES string of the molecule is CC(C)(C#N)COCCC(C)(C=O)c1cccc(Br)c1. The van der Waals surface area contributed by atoms with Crippen LogP contribution in [0.4, 0.5) is 0 Å². The van der Waals surface area contributed by atoms with E-state index in [4.69, 9.17) is 10.00 Å². The Hall–Kier alpha value is -1.18. The Morgan fingerprint density at radius 3 is 2.65 bits per heavy atom. The predicted molar refractivity (Wildman–Crippen MR) is 82.4 cm³/mol. The normalized spacial score (nSPS) is 14.3. The molecule has 0 amide bonds. The van der Waals surface area contributed by atoms with Gasteiger partial charge >= 0.3 is 0 Å². The van der Waals surface area contributed by atoms with Crippen LogP contribution in [0.1, 0.15) is 32.8 Å². The second-order valence-electron chi connectivity index (χ2n) is 5.84. The van der Waals surface area contributed by atoms with Crippen LogP contribution in [0.2, 0.25) is 0 Å². The van der Waals surface area contributed by atoms with Crippen molar-refractivity contribution >= 4 is 22.2 Å². The third-order valence-corrected chi connectivity index (χ3v) is 3.77. The van der Waals surface area contributed by atoms with Gasteiger partial charge in [0.15, 0.2) is 0 Å². The Balaban J connectivity index is 2.63. The van der Waals surface area contributed by atoms with Crippen LogP contribution in [0, 0.1) is 16.7 Å². The molecule has 0 aliphatic heterocycles. The maximum absolute atomic E-state index is 11.5. The molecule has 0 spiro atoms. The zero-order chi connectivity index (χ0) is 15.2. The third kappa shape index (κ3) is 4.73. The smallest absolute Gasteiger partial charge is 0.130 e. The Kier molecular flexibility index (Phi) is 5.91. The van der Waals surface area contributed by atoms with Crippen molar-refractivity contribution in [1.82, 2.24) is 0 Å². The summed E-state index contributed by atoms with van der Waals surface area (Å²) in [6.45, 7) is 6.39. The van der Waals surface area contributed by atoms with Crippen LogP contribution in [-0.2, 0) is 14.9 Å². The van der Waals surface area contributed by atoms with Crippen molar-refractivity contribution in [2.45, 2.75) is 32.6 Å². The van der Waals surface area contributed by atoms with E-state index in [0.29, 0.717) is 19.6 Å². The van der Waals surface area contributed by atoms with Crippen molar-refractivity contribution in [2.75, 3.05) is 13.2 Å². The molecule has 0 aliphatic carbocycles. The van der Waals surface area contributed by atoms with E-state index >= 15 is 0 Å². The topological polar surface area (TPSA) is 50.1 Å². The lowest BCUT2D eigenvalue weighted by atomic mass is 9.81. The van der Waals surface area contributed by atoms with Gasteiger partial charge in [0.1, 0.15) is 6.29 Å². The number of hydrogen-bond acceptors (Lipinski definition) is 3. The van der Waals surface area contributed by atoms with Gasteiger partial charge in [-0.1, -0.05) is 28.1 Å². The molecule has 0 heterocycles. The molecular weight excluding hydrogens is 318 g/mol. The molecule has 0 N–H and O–H groups in total. The molecule has 3 nitrogen and oxygen atoms in total. The second-order valence-corrected chi connectivity index (χ2v) is 6.76. The molecule has 0 aromatic heterocycles. The first kappa shape index (κ1) is 16.9. The van der Waals surface area contributed by atoms with Gasteiger partial charge in [-0.3, -0.25) is 0 Å². The highest BCUT2D eigenvalue weighted by molar-refractivity contribution is 9.10. The van der Waals surface area contributed by atoms with Crippen molar-refractivity contribution in [3.8, 4) is 6.07 Å². The number of carbonyl (C=O) groups is 1. The van der Waals surface area contributed by atoms with Gasteiger partial charge in [0.2, 0.25) is 0 Å². The Morgan fingerprint density at radius 1 is 1.40 bits per heavy atom. The van der Waals surface area contributed by atoms with E-state index in [0.717, 1.165) is 16.3 Å². The highest BCUT2D eigenvalue weighted by Crippen LogP contribution is 2.28. The molecule has 1 atom stereocenters. The number of hydrogen-bond donors (Lipinski definition) is 0. The van der Waals surface area contributed by atoms with Crippen LogP contribution in [0.25, 0.3) is 0 Å². The summed E-state index contributed by atoms with van der Waals surface area (Å²) in [5, 5.41) is 8.92. The minimum atomic E-state index is -0.569. The van der Waals surface area contributed by atoms with Crippen LogP contribution in [-0.4, -0.2) is 19.5 Å². The minimum absolute atomic E-state index is 0.372. The van der Waals surface area contributed by atoms with E-state index < -0.39 is 10.8 Å². The molecule has 1 aromatic rings. The summed E-state index contributed by atoms with van der Waals surface area (Å²) < 4.78 is 6.50. The summed E-state index contributed by atoms with van der Waals surface area (Å²) in [6, 6.07) is 9.93. The van der Waals surface area contributed by atoms with Gasteiger partial charge in [0.05, 0.1) is 23.5 Å². The van der Waals surface area contributed by atoms with Crippen molar-refractivity contribution in [3.63, 3.8) is 0 Å². The minimum Gasteiger partial charge on any atom is -0.380 e. The second kappa shape index (κ2) is 7.01. The standard InChI is InChI=1S/C16H20BrNO2/c1-15(2,10-18)12-20-8-7-16(3,11-19)13-5-4-6-14(17)9-13/h4-6,9,11H,7-8,12H2,1-3H3. The third-order valence-electron chi connectivity index (χ3n) is 3.28. The molecule has 0 bridgehead atoms. The first-order chi connectivity index (χ1) is 9.33. The van der Waals surface area contributed by atoms with Crippen molar-refractivity contribution in [1.29, 1.82) is 5.26 Å². The number of rotatable bonds is 7. The maximum atomic E-state index is 11.5. The van der Waals surface area contributed by atoms with Crippen LogP contribution < -0.4 is 0 Å². The molecule has 0 saturated heterocycles. The molecule has 4 heteroatoms. The largest absolute Gasteiger partial charge is 0.380 e. The summed E-state index contributed by atoms with van der Waals surface area (Å²) in [6.07, 6.45) is 1.56. The number of ether oxygens (including phenoxy) is 1. The number of aldehydes is 1. The van der Waals surface area contributed by atoms with E-state index in [1.807, 2.05) is 45.0 Å². The number of benzene rings is 1. The number of nitriles is 1. The quantitative estimate of drug-likeness (QED) is 0.560. The predicted octanol–water partition coefficient (Wildman–Crippen LogP) is 3.86. The van der Waals surface area contributed by atoms with E-state index in [2.05, 4.69) is 22.0 Å². The average Bonchev–Trinajstić information content (AvgIpc) is 2.43. The molecule has 1 unspecified atom stereocenters. The Morgan fingerprint density at radius 2 is 2.10 bits per heavy atom. The lowest BCUT2D eigenvalue weighted by Gasteiger charge is -2.24. The van der Waals surface area contributed by atoms with Gasteiger partial charge in [-0.25, -0.2) is 0 Å². The highest BCUT2D eigenvalue weighted by atomic mass is 79.9. The van der Waals surface area contributed by atoms with Gasteiger partial charge in [-0.05, 0) is 44.9 Å². The van der Waals surface area contributed by atoms with Crippen LogP contribution >= 0.6 is 15.9 Å². The van der Waals surface area contributed by atoms with Crippen LogP contribution in [0.15, 0.2) is 28.7 Å². The van der Waals surface area contributed by atoms with Crippen molar-refractivity contribution in [3.05, 3.63) is 34.3 Å². The average molecular weight is 338 g/mol. The summed E-state index contributed by atoms with van der Waals surface area (Å²) in [5.74, 6) is 0. The monoisotopic (exact) mass is 337 g/mol. The fourth-order valence-electron chi connectivity index (χ4n) is 1.76. The molecule has 0 fully saturated rings. The van der Waals surface area contributed by atoms with E-state index in [1.54, 1.807) is 0 Å². The summed E-state index contributed by atoms with van der Waals surface area (Å²) >= 11 is 3.42. The van der Waals surface area contributed by atoms with E-state index in [-0.39, 0.29) is 0 Å². The molecule has 1 aromatic carbocycles. The summed E-state index contributed by atoms with van der Waals surface area (Å²) in [5.41, 5.74) is -0.0986. The summed E-state index contributed by atoms with van der Waals surface area (Å²) in [7, 11) is 0. The fraction of sp³-hybridized carbons (Fsp3) is 0.500. The zero-order valence-corrected chi connectivity index (χ0v) is 13.7. The molecule has 0 radical (unpaired) electrons. The van der Waals surface area contributed by atoms with Gasteiger partial charge < -0.3 is 9.53 Å². The van der Waals surface area contributed by atoms with Gasteiger partial charge in [0.25, 0.3) is 0 Å². The number of halogens is 1. The number of carbonyl (C=O) groups excluding carboxylic acids is 1. The molecule has 0 saturated carbocycles. The van der Waals surface area contributed by atoms with Crippen molar-refractivity contribution < 1.29 is 9.53 Å². The molecular formula is C16H20BrNO2. The van der Waals surface area contributed by atoms with Gasteiger partial charge in [-0.2, -0.15) is 5.26 Å². The Labute approximate surface area is 129 Å². The number of nitrogens with zero attached hydrogens (tertiary/aromatic N) is 1. The van der Waals surface area contributed by atoms with Crippen LogP contribution in [0.5, 0.6) is 0 Å². The summed E-state index contributed by atoms with van der Waals surface area (Å²) in [4.78, 5) is 11.5. The van der Waals surface area contributed by atoms with E-state index in [1.165, 1.54) is 0 Å².